The fraction of sp³-hybridized carbons (Fsp3) is 0.698. The molecule has 4 fully saturated rings. The zero-order chi connectivity index (χ0) is 32.7. The number of nitrogens with two attached hydrogens (primary N) is 1. The van der Waals surface area contributed by atoms with E-state index in [1.807, 2.05) is 30.3 Å². The average molecular weight is 624 g/mol. The number of fused-ring (bicyclic) bond motifs is 7. The Morgan fingerprint density at radius 3 is 2.35 bits per heavy atom. The molecule has 0 heterocycles. The van der Waals surface area contributed by atoms with Crippen molar-refractivity contribution in [3.63, 3.8) is 0 Å². The minimum atomic E-state index is -0.0407. The van der Waals surface area contributed by atoms with Crippen LogP contribution in [0.3, 0.4) is 0 Å². The van der Waals surface area contributed by atoms with Crippen molar-refractivity contribution in [3.8, 4) is 0 Å². The van der Waals surface area contributed by atoms with E-state index < -0.39 is 0 Å². The van der Waals surface area contributed by atoms with Crippen LogP contribution in [0.15, 0.2) is 65.8 Å². The Morgan fingerprint density at radius 2 is 1.65 bits per heavy atom. The zero-order valence-corrected chi connectivity index (χ0v) is 29.8. The number of allylic oxidation sites excluding steroid dienone is 5. The molecular weight excluding hydrogens is 562 g/mol. The Hall–Kier alpha value is -2.13. The highest BCUT2D eigenvalue weighted by molar-refractivity contribution is 5.73. The summed E-state index contributed by atoms with van der Waals surface area (Å²) in [7, 11) is 0. The fourth-order valence-corrected chi connectivity index (χ4v) is 13.5. The van der Waals surface area contributed by atoms with Crippen LogP contribution in [0.25, 0.3) is 0 Å². The van der Waals surface area contributed by atoms with Gasteiger partial charge in [0, 0.05) is 5.54 Å². The van der Waals surface area contributed by atoms with E-state index in [2.05, 4.69) is 60.3 Å². The maximum atomic E-state index is 13.0. The van der Waals surface area contributed by atoms with Gasteiger partial charge in [0.25, 0.3) is 0 Å². The Labute approximate surface area is 279 Å². The Bertz CT molecular complexity index is 1440. The van der Waals surface area contributed by atoms with E-state index in [9.17, 15) is 4.79 Å². The summed E-state index contributed by atoms with van der Waals surface area (Å²) in [5, 5.41) is 0. The number of rotatable bonds is 5. The van der Waals surface area contributed by atoms with Gasteiger partial charge in [-0.2, -0.15) is 0 Å². The molecule has 0 aromatic heterocycles. The quantitative estimate of drug-likeness (QED) is 0.262. The van der Waals surface area contributed by atoms with Gasteiger partial charge in [-0.25, -0.2) is 0 Å². The second-order valence-electron chi connectivity index (χ2n) is 18.3. The van der Waals surface area contributed by atoms with Gasteiger partial charge >= 0.3 is 5.97 Å². The molecule has 0 radical (unpaired) electrons. The van der Waals surface area contributed by atoms with Gasteiger partial charge in [-0.3, -0.25) is 4.79 Å². The summed E-state index contributed by atoms with van der Waals surface area (Å²) in [6.07, 6.45) is 19.2. The maximum absolute atomic E-state index is 13.0. The normalized spacial score (nSPS) is 44.4. The number of hydrogen-bond donors (Lipinski definition) is 1. The third-order valence-corrected chi connectivity index (χ3v) is 16.0. The van der Waals surface area contributed by atoms with Gasteiger partial charge in [-0.1, -0.05) is 89.3 Å². The van der Waals surface area contributed by atoms with Gasteiger partial charge in [-0.15, -0.1) is 0 Å². The van der Waals surface area contributed by atoms with Gasteiger partial charge in [0.15, 0.2) is 0 Å². The smallest absolute Gasteiger partial charge is 0.309 e. The van der Waals surface area contributed by atoms with E-state index in [-0.39, 0.29) is 22.8 Å². The topological polar surface area (TPSA) is 52.3 Å². The highest BCUT2D eigenvalue weighted by Crippen LogP contribution is 2.76. The molecule has 0 amide bonds. The van der Waals surface area contributed by atoms with Crippen LogP contribution in [0.4, 0.5) is 0 Å². The van der Waals surface area contributed by atoms with Crippen molar-refractivity contribution in [1.82, 2.24) is 0 Å². The number of benzene rings is 1. The molecule has 46 heavy (non-hydrogen) atoms. The minimum absolute atomic E-state index is 0.0217. The standard InChI is InChI=1S/C43H61NO2/c1-28(2)32-19-24-43(44)26-25-41(6)34(37(32)43)17-18-36-40(5)22-20-33(39(3,4)35(40)21-23-42(36,41)7)30-13-15-31(16-14-30)38(45)46-27-29-11-9-8-10-12-29/h8-13,20,31-32,34-37H,1,14-19,21-27,44H2,2-7H3. The maximum Gasteiger partial charge on any atom is 0.309 e. The van der Waals surface area contributed by atoms with E-state index in [4.69, 9.17) is 10.5 Å². The van der Waals surface area contributed by atoms with Crippen LogP contribution in [-0.2, 0) is 16.1 Å². The van der Waals surface area contributed by atoms with Crippen molar-refractivity contribution in [2.45, 2.75) is 131 Å². The molecule has 10 unspecified atom stereocenters. The molecule has 0 spiro atoms. The molecule has 1 aromatic carbocycles. The molecule has 0 bridgehead atoms. The van der Waals surface area contributed by atoms with Crippen LogP contribution in [0.2, 0.25) is 0 Å². The Morgan fingerprint density at radius 1 is 0.891 bits per heavy atom. The number of carbonyl (C=O) groups excluding carboxylic acids is 1. The summed E-state index contributed by atoms with van der Waals surface area (Å²) in [6, 6.07) is 10.0. The third-order valence-electron chi connectivity index (χ3n) is 16.0. The van der Waals surface area contributed by atoms with Crippen LogP contribution in [0.5, 0.6) is 0 Å². The van der Waals surface area contributed by atoms with Gasteiger partial charge in [0.2, 0.25) is 0 Å². The molecule has 6 aliphatic rings. The SMILES string of the molecule is C=C(C)C1CCC2(N)CCC3(C)C(CCC4C5(C)CC=C(C6=CCC(C(=O)OCc7ccccc7)CC6)C(C)(C)C5CCC43C)C12. The van der Waals surface area contributed by atoms with Crippen molar-refractivity contribution < 1.29 is 9.53 Å². The first-order chi connectivity index (χ1) is 21.7. The summed E-state index contributed by atoms with van der Waals surface area (Å²) < 4.78 is 5.73. The Kier molecular flexibility index (Phi) is 7.90. The summed E-state index contributed by atoms with van der Waals surface area (Å²) in [4.78, 5) is 13.0. The van der Waals surface area contributed by atoms with Crippen molar-refractivity contribution in [1.29, 1.82) is 0 Å². The molecule has 3 heteroatoms. The van der Waals surface area contributed by atoms with Crippen molar-refractivity contribution >= 4 is 5.97 Å². The lowest BCUT2D eigenvalue weighted by molar-refractivity contribution is -0.219. The number of esters is 1. The predicted octanol–water partition coefficient (Wildman–Crippen LogP) is 10.4. The van der Waals surface area contributed by atoms with Gasteiger partial charge in [0.05, 0.1) is 5.92 Å². The summed E-state index contributed by atoms with van der Waals surface area (Å²) >= 11 is 0. The van der Waals surface area contributed by atoms with Crippen molar-refractivity contribution in [3.05, 3.63) is 71.3 Å². The average Bonchev–Trinajstić information content (AvgIpc) is 3.38. The lowest BCUT2D eigenvalue weighted by Gasteiger charge is -2.72. The van der Waals surface area contributed by atoms with E-state index in [1.165, 1.54) is 68.9 Å². The second-order valence-corrected chi connectivity index (χ2v) is 18.3. The summed E-state index contributed by atoms with van der Waals surface area (Å²) in [5.41, 5.74) is 14.0. The van der Waals surface area contributed by atoms with Crippen LogP contribution in [-0.4, -0.2) is 11.5 Å². The largest absolute Gasteiger partial charge is 0.461 e. The molecule has 10 atom stereocenters. The first-order valence-electron chi connectivity index (χ1n) is 18.8. The van der Waals surface area contributed by atoms with E-state index in [1.54, 1.807) is 5.57 Å². The van der Waals surface area contributed by atoms with Gasteiger partial charge < -0.3 is 10.5 Å². The highest BCUT2D eigenvalue weighted by atomic mass is 16.5. The molecular formula is C43H61NO2. The Balaban J connectivity index is 1.10. The number of ether oxygens (including phenoxy) is 1. The molecule has 1 aromatic rings. The lowest BCUT2D eigenvalue weighted by Crippen LogP contribution is -2.67. The molecule has 0 aliphatic heterocycles. The monoisotopic (exact) mass is 623 g/mol. The number of carbonyl (C=O) groups is 1. The van der Waals surface area contributed by atoms with E-state index in [0.717, 1.165) is 36.7 Å². The van der Waals surface area contributed by atoms with Crippen LogP contribution in [0, 0.1) is 57.2 Å². The van der Waals surface area contributed by atoms with E-state index >= 15 is 0 Å². The lowest BCUT2D eigenvalue weighted by atomic mass is 9.33. The van der Waals surface area contributed by atoms with Crippen molar-refractivity contribution in [2.75, 3.05) is 0 Å². The van der Waals surface area contributed by atoms with Crippen LogP contribution >= 0.6 is 0 Å². The van der Waals surface area contributed by atoms with E-state index in [0.29, 0.717) is 40.6 Å². The number of hydrogen-bond acceptors (Lipinski definition) is 3. The first-order valence-corrected chi connectivity index (χ1v) is 18.8. The predicted molar refractivity (Wildman–Crippen MR) is 189 cm³/mol. The van der Waals surface area contributed by atoms with Gasteiger partial charge in [0.1, 0.15) is 6.61 Å². The molecule has 0 saturated heterocycles. The third kappa shape index (κ3) is 4.71. The molecule has 3 nitrogen and oxygen atoms in total. The first kappa shape index (κ1) is 32.4. The van der Waals surface area contributed by atoms with Crippen LogP contribution in [0.1, 0.15) is 124 Å². The fourth-order valence-electron chi connectivity index (χ4n) is 13.5. The van der Waals surface area contributed by atoms with Gasteiger partial charge in [-0.05, 0) is 152 Å². The molecule has 4 saturated carbocycles. The summed E-state index contributed by atoms with van der Waals surface area (Å²) in [5.74, 6) is 3.30. The second kappa shape index (κ2) is 11.2. The molecule has 6 aliphatic carbocycles. The molecule has 7 rings (SSSR count). The van der Waals surface area contributed by atoms with Crippen LogP contribution < -0.4 is 5.73 Å². The zero-order valence-electron chi connectivity index (χ0n) is 29.8. The minimum Gasteiger partial charge on any atom is -0.461 e. The highest BCUT2D eigenvalue weighted by Gasteiger charge is 2.70. The summed E-state index contributed by atoms with van der Waals surface area (Å²) in [6.45, 7) is 20.4. The molecule has 2 N–H and O–H groups in total. The van der Waals surface area contributed by atoms with Crippen molar-refractivity contribution in [2.24, 2.45) is 62.9 Å². The molecule has 250 valence electrons.